The molecule has 0 spiro atoms. The van der Waals surface area contributed by atoms with Gasteiger partial charge in [-0.25, -0.2) is 43.5 Å². The van der Waals surface area contributed by atoms with Crippen molar-refractivity contribution in [3.63, 3.8) is 0 Å². The van der Waals surface area contributed by atoms with Gasteiger partial charge in [0.05, 0.1) is 30.0 Å². The van der Waals surface area contributed by atoms with Gasteiger partial charge in [0.15, 0.2) is 28.5 Å². The number of esters is 1. The van der Waals surface area contributed by atoms with E-state index in [4.69, 9.17) is 19.3 Å². The molecule has 8 rings (SSSR count). The van der Waals surface area contributed by atoms with Crippen molar-refractivity contribution < 1.29 is 42.2 Å². The van der Waals surface area contributed by atoms with Gasteiger partial charge < -0.3 is 29.5 Å². The fraction of sp³-hybridized carbons (Fsp3) is 0.167. The molecule has 1 amide bonds. The summed E-state index contributed by atoms with van der Waals surface area (Å²) in [7, 11) is 0. The summed E-state index contributed by atoms with van der Waals surface area (Å²) < 4.78 is 43.4. The van der Waals surface area contributed by atoms with Gasteiger partial charge in [0, 0.05) is 45.2 Å². The summed E-state index contributed by atoms with van der Waals surface area (Å²) >= 11 is 0. The van der Waals surface area contributed by atoms with E-state index in [-0.39, 0.29) is 52.5 Å². The Morgan fingerprint density at radius 1 is 0.688 bits per heavy atom. The first-order valence-electron chi connectivity index (χ1n) is 19.5. The Balaban J connectivity index is 0.000000192. The number of aromatic nitrogens is 6. The molecule has 0 saturated heterocycles. The second-order valence-corrected chi connectivity index (χ2v) is 14.6. The Morgan fingerprint density at radius 2 is 1.14 bits per heavy atom. The Labute approximate surface area is 364 Å². The van der Waals surface area contributed by atoms with Crippen LogP contribution in [0.2, 0.25) is 0 Å². The summed E-state index contributed by atoms with van der Waals surface area (Å²) in [5.74, 6) is 10.7. The first-order valence-corrected chi connectivity index (χ1v) is 19.5. The Kier molecular flexibility index (Phi) is 12.4. The summed E-state index contributed by atoms with van der Waals surface area (Å²) in [4.78, 5) is 49.8. The third-order valence-electron chi connectivity index (χ3n) is 9.24. The average molecular weight is 862 g/mol. The first kappa shape index (κ1) is 43.9. The number of primary amides is 1. The summed E-state index contributed by atoms with van der Waals surface area (Å²) in [6.07, 6.45) is 3.01. The number of nitrogens with zero attached hydrogens (tertiary/aromatic N) is 6. The van der Waals surface area contributed by atoms with E-state index in [0.717, 1.165) is 0 Å². The predicted molar refractivity (Wildman–Crippen MR) is 230 cm³/mol. The third-order valence-corrected chi connectivity index (χ3v) is 9.24. The van der Waals surface area contributed by atoms with Gasteiger partial charge in [0.1, 0.15) is 28.8 Å². The van der Waals surface area contributed by atoms with Crippen LogP contribution in [-0.4, -0.2) is 58.6 Å². The maximum Gasteiger partial charge on any atom is 0.357 e. The highest BCUT2D eigenvalue weighted by Gasteiger charge is 2.27. The molecule has 0 saturated carbocycles. The van der Waals surface area contributed by atoms with Gasteiger partial charge in [0.25, 0.3) is 5.91 Å². The van der Waals surface area contributed by atoms with Crippen molar-refractivity contribution in [2.75, 3.05) is 6.61 Å². The Morgan fingerprint density at radius 3 is 1.56 bits per heavy atom. The lowest BCUT2D eigenvalue weighted by atomic mass is 10.1. The second kappa shape index (κ2) is 18.0. The number of fused-ring (bicyclic) bond motifs is 2. The lowest BCUT2D eigenvalue weighted by Crippen LogP contribution is -2.18. The zero-order valence-corrected chi connectivity index (χ0v) is 34.9. The van der Waals surface area contributed by atoms with Crippen LogP contribution in [0, 0.1) is 49.2 Å². The normalized spacial score (nSPS) is 12.7. The predicted octanol–water partition coefficient (Wildman–Crippen LogP) is 7.26. The number of ether oxygens (including phenoxy) is 1. The van der Waals surface area contributed by atoms with Crippen LogP contribution in [0.5, 0.6) is 0 Å². The fourth-order valence-corrected chi connectivity index (χ4v) is 6.13. The summed E-state index contributed by atoms with van der Waals surface area (Å²) in [5.41, 5.74) is 5.12. The topological polar surface area (TPSA) is 213 Å². The summed E-state index contributed by atoms with van der Waals surface area (Å²) in [6.45, 7) is 8.29. The van der Waals surface area contributed by atoms with E-state index in [9.17, 15) is 28.6 Å². The maximum atomic E-state index is 13.8. The fourth-order valence-electron chi connectivity index (χ4n) is 6.13. The number of aryl methyl sites for hydroxylation is 2. The number of aliphatic hydroxyl groups is 2. The molecule has 320 valence electrons. The van der Waals surface area contributed by atoms with Gasteiger partial charge in [-0.2, -0.15) is 0 Å². The molecule has 16 heteroatoms. The monoisotopic (exact) mass is 861 g/mol. The zero-order valence-electron chi connectivity index (χ0n) is 34.9. The molecule has 0 bridgehead atoms. The van der Waals surface area contributed by atoms with Gasteiger partial charge in [-0.3, -0.25) is 4.79 Å². The second-order valence-electron chi connectivity index (χ2n) is 14.6. The lowest BCUT2D eigenvalue weighted by molar-refractivity contribution is 0.0521. The molecule has 0 aliphatic rings. The number of benzene rings is 4. The Hall–Kier alpha value is -8.18. The largest absolute Gasteiger partial charge is 0.461 e. The van der Waals surface area contributed by atoms with E-state index in [0.29, 0.717) is 44.5 Å². The number of hydrogen-bond donors (Lipinski definition) is 3. The van der Waals surface area contributed by atoms with Gasteiger partial charge in [0.2, 0.25) is 11.8 Å². The molecule has 4 N–H and O–H groups in total. The minimum Gasteiger partial charge on any atom is -0.461 e. The molecular formula is C48H37F2N7O7. The molecule has 4 aromatic carbocycles. The molecule has 0 fully saturated rings. The maximum absolute atomic E-state index is 13.8. The minimum atomic E-state index is -1.58. The molecule has 0 radical (unpaired) electrons. The lowest BCUT2D eigenvalue weighted by Gasteiger charge is -2.11. The number of rotatable bonds is 7. The Bertz CT molecular complexity index is 3230. The highest BCUT2D eigenvalue weighted by Crippen LogP contribution is 2.27. The van der Waals surface area contributed by atoms with Crippen LogP contribution in [-0.2, 0) is 15.9 Å². The number of carbonyl (C=O) groups excluding carboxylic acids is 2. The van der Waals surface area contributed by atoms with Crippen LogP contribution >= 0.6 is 0 Å². The number of carbonyl (C=O) groups is 2. The van der Waals surface area contributed by atoms with Crippen LogP contribution in [0.1, 0.15) is 76.2 Å². The van der Waals surface area contributed by atoms with Crippen molar-refractivity contribution in [2.24, 2.45) is 5.73 Å². The highest BCUT2D eigenvalue weighted by atomic mass is 19.1. The SMILES string of the molecule is CCOC(=O)c1nc(-c2cccc(C#C[C@](C)(O)c3ncc(C)o3)c2)nc2cc(F)ccc12.Cc1cnc([C@@](C)(O)C#Cc2cccc(-c3nc(C(N)=O)c4ccc(F)cc4n3)c2)o1. The number of halogens is 2. The number of oxazole rings is 2. The molecule has 0 unspecified atom stereocenters. The molecule has 4 aromatic heterocycles. The van der Waals surface area contributed by atoms with Crippen LogP contribution in [0.25, 0.3) is 44.6 Å². The van der Waals surface area contributed by atoms with E-state index in [1.54, 1.807) is 69.3 Å². The molecule has 14 nitrogen and oxygen atoms in total. The van der Waals surface area contributed by atoms with Gasteiger partial charge in [-0.1, -0.05) is 47.9 Å². The van der Waals surface area contributed by atoms with Crippen molar-refractivity contribution in [2.45, 2.75) is 45.8 Å². The number of nitrogens with two attached hydrogens (primary N) is 1. The van der Waals surface area contributed by atoms with Crippen LogP contribution < -0.4 is 5.73 Å². The highest BCUT2D eigenvalue weighted by molar-refractivity contribution is 6.04. The molecule has 4 heterocycles. The van der Waals surface area contributed by atoms with E-state index >= 15 is 0 Å². The molecule has 2 atom stereocenters. The molecule has 8 aromatic rings. The van der Waals surface area contributed by atoms with Crippen molar-refractivity contribution in [1.82, 2.24) is 29.9 Å². The molecular weight excluding hydrogens is 825 g/mol. The van der Waals surface area contributed by atoms with E-state index in [2.05, 4.69) is 53.6 Å². The van der Waals surface area contributed by atoms with E-state index in [1.165, 1.54) is 62.6 Å². The van der Waals surface area contributed by atoms with Crippen LogP contribution in [0.3, 0.4) is 0 Å². The summed E-state index contributed by atoms with van der Waals surface area (Å²) in [6, 6.07) is 21.6. The van der Waals surface area contributed by atoms with Crippen molar-refractivity contribution >= 4 is 33.7 Å². The third kappa shape index (κ3) is 9.95. The minimum absolute atomic E-state index is 0.00122. The quantitative estimate of drug-likeness (QED) is 0.106. The average Bonchev–Trinajstić information content (AvgIpc) is 3.93. The number of amides is 1. The molecule has 0 aliphatic heterocycles. The molecule has 0 aliphatic carbocycles. The van der Waals surface area contributed by atoms with Crippen molar-refractivity contribution in [3.8, 4) is 46.5 Å². The van der Waals surface area contributed by atoms with Crippen LogP contribution in [0.4, 0.5) is 8.78 Å². The van der Waals surface area contributed by atoms with Crippen molar-refractivity contribution in [1.29, 1.82) is 0 Å². The van der Waals surface area contributed by atoms with Gasteiger partial charge >= 0.3 is 5.97 Å². The van der Waals surface area contributed by atoms with Gasteiger partial charge in [-0.15, -0.1) is 0 Å². The van der Waals surface area contributed by atoms with Gasteiger partial charge in [-0.05, 0) is 83.1 Å². The van der Waals surface area contributed by atoms with E-state index < -0.39 is 34.7 Å². The number of hydrogen-bond acceptors (Lipinski definition) is 13. The molecule has 64 heavy (non-hydrogen) atoms. The summed E-state index contributed by atoms with van der Waals surface area (Å²) in [5, 5.41) is 21.9. The standard InChI is InChI=1S/C25H20FN3O4.C23H17FN4O3/c1-4-32-23(30)21-19-9-8-18(26)13-20(19)28-22(29-21)17-7-5-6-16(12-17)10-11-25(3,31)24-27-14-15(2)33-24;1-13-12-26-22(31-13)23(2,30)9-8-14-4-3-5-15(10-14)21-27-18-11-16(24)6-7-17(18)19(28-21)20(25)29/h5-9,12-14,31H,4H2,1-3H3;3-7,10-12,30H,1-2H3,(H2,25,29)/t25-;23-/m00/s1. The van der Waals surface area contributed by atoms with Crippen LogP contribution in [0.15, 0.2) is 106 Å². The smallest absolute Gasteiger partial charge is 0.357 e. The van der Waals surface area contributed by atoms with E-state index in [1.807, 2.05) is 0 Å². The zero-order chi connectivity index (χ0) is 45.8. The van der Waals surface area contributed by atoms with Crippen molar-refractivity contribution in [3.05, 3.63) is 155 Å². The first-order chi connectivity index (χ1) is 30.5.